The van der Waals surface area contributed by atoms with Crippen LogP contribution in [-0.4, -0.2) is 78.7 Å². The van der Waals surface area contributed by atoms with Crippen molar-refractivity contribution in [3.05, 3.63) is 29.8 Å². The lowest BCUT2D eigenvalue weighted by molar-refractivity contribution is -0.137. The van der Waals surface area contributed by atoms with E-state index in [9.17, 15) is 14.7 Å². The largest absolute Gasteiger partial charge is 0.508 e. The molecular weight excluding hydrogens is 298 g/mol. The van der Waals surface area contributed by atoms with Crippen molar-refractivity contribution < 1.29 is 19.4 Å². The molecular formula is C16H21N3O4. The van der Waals surface area contributed by atoms with E-state index in [0.717, 1.165) is 0 Å². The number of carbonyl (C=O) groups is 2. The minimum Gasteiger partial charge on any atom is -0.508 e. The molecule has 1 atom stereocenters. The number of nitrogens with zero attached hydrogens (tertiary/aromatic N) is 2. The molecule has 2 aliphatic rings. The Bertz CT molecular complexity index is 578. The van der Waals surface area contributed by atoms with E-state index in [4.69, 9.17) is 4.74 Å². The molecule has 0 radical (unpaired) electrons. The second kappa shape index (κ2) is 6.97. The van der Waals surface area contributed by atoms with Gasteiger partial charge in [-0.3, -0.25) is 9.59 Å². The molecule has 0 aliphatic carbocycles. The maximum absolute atomic E-state index is 12.4. The summed E-state index contributed by atoms with van der Waals surface area (Å²) in [6.45, 7) is 3.74. The highest BCUT2D eigenvalue weighted by molar-refractivity contribution is 5.94. The summed E-state index contributed by atoms with van der Waals surface area (Å²) < 4.78 is 5.32. The number of carbonyl (C=O) groups excluding carboxylic acids is 2. The van der Waals surface area contributed by atoms with Gasteiger partial charge in [-0.05, 0) is 18.2 Å². The molecule has 7 heteroatoms. The van der Waals surface area contributed by atoms with E-state index in [1.807, 2.05) is 0 Å². The van der Waals surface area contributed by atoms with Gasteiger partial charge in [0.15, 0.2) is 0 Å². The molecule has 124 valence electrons. The zero-order valence-corrected chi connectivity index (χ0v) is 12.9. The molecule has 1 aromatic rings. The third kappa shape index (κ3) is 3.62. The van der Waals surface area contributed by atoms with E-state index in [0.29, 0.717) is 51.5 Å². The standard InChI is InChI=1S/C16H21N3O4/c20-13-3-1-2-12(10-13)15(21)18-5-7-19(8-6-18)16(22)14-11-23-9-4-17-14/h1-3,10,14,17,20H,4-9,11H2. The molecule has 2 N–H and O–H groups in total. The number of phenolic OH excluding ortho intramolecular Hbond substituents is 1. The molecule has 2 fully saturated rings. The van der Waals surface area contributed by atoms with Gasteiger partial charge in [0.25, 0.3) is 5.91 Å². The van der Waals surface area contributed by atoms with Gasteiger partial charge in [-0.2, -0.15) is 0 Å². The summed E-state index contributed by atoms with van der Waals surface area (Å²) in [5.74, 6) is -0.00526. The average molecular weight is 319 g/mol. The van der Waals surface area contributed by atoms with Crippen LogP contribution in [-0.2, 0) is 9.53 Å². The zero-order valence-electron chi connectivity index (χ0n) is 12.9. The number of ether oxygens (including phenoxy) is 1. The molecule has 23 heavy (non-hydrogen) atoms. The zero-order chi connectivity index (χ0) is 16.2. The fourth-order valence-corrected chi connectivity index (χ4v) is 2.90. The van der Waals surface area contributed by atoms with Crippen LogP contribution in [0.2, 0.25) is 0 Å². The minimum absolute atomic E-state index is 0.0363. The van der Waals surface area contributed by atoms with Crippen LogP contribution in [0, 0.1) is 0 Å². The Labute approximate surface area is 134 Å². The second-order valence-corrected chi connectivity index (χ2v) is 5.75. The Morgan fingerprint density at radius 3 is 2.57 bits per heavy atom. The fraction of sp³-hybridized carbons (Fsp3) is 0.500. The maximum atomic E-state index is 12.4. The molecule has 3 rings (SSSR count). The van der Waals surface area contributed by atoms with Crippen LogP contribution in [0.15, 0.2) is 24.3 Å². The van der Waals surface area contributed by atoms with Gasteiger partial charge in [-0.25, -0.2) is 0 Å². The lowest BCUT2D eigenvalue weighted by Crippen LogP contribution is -2.57. The van der Waals surface area contributed by atoms with Crippen LogP contribution in [0.25, 0.3) is 0 Å². The number of rotatable bonds is 2. The fourth-order valence-electron chi connectivity index (χ4n) is 2.90. The Kier molecular flexibility index (Phi) is 4.78. The summed E-state index contributed by atoms with van der Waals surface area (Å²) in [5, 5.41) is 12.6. The molecule has 1 unspecified atom stereocenters. The first-order chi connectivity index (χ1) is 11.1. The number of phenols is 1. The highest BCUT2D eigenvalue weighted by Crippen LogP contribution is 2.15. The van der Waals surface area contributed by atoms with Gasteiger partial charge in [-0.1, -0.05) is 6.07 Å². The van der Waals surface area contributed by atoms with Gasteiger partial charge in [0.05, 0.1) is 13.2 Å². The van der Waals surface area contributed by atoms with Crippen molar-refractivity contribution in [3.63, 3.8) is 0 Å². The molecule has 2 heterocycles. The average Bonchev–Trinajstić information content (AvgIpc) is 2.61. The smallest absolute Gasteiger partial charge is 0.254 e. The predicted octanol–water partition coefficient (Wildman–Crippen LogP) is -0.335. The summed E-state index contributed by atoms with van der Waals surface area (Å²) in [4.78, 5) is 28.3. The molecule has 2 aliphatic heterocycles. The summed E-state index contributed by atoms with van der Waals surface area (Å²) in [7, 11) is 0. The Morgan fingerprint density at radius 2 is 1.91 bits per heavy atom. The molecule has 0 aromatic heterocycles. The van der Waals surface area contributed by atoms with Crippen molar-refractivity contribution in [3.8, 4) is 5.75 Å². The van der Waals surface area contributed by atoms with E-state index in [1.165, 1.54) is 12.1 Å². The maximum Gasteiger partial charge on any atom is 0.254 e. The lowest BCUT2D eigenvalue weighted by Gasteiger charge is -2.37. The van der Waals surface area contributed by atoms with Gasteiger partial charge in [-0.15, -0.1) is 0 Å². The lowest BCUT2D eigenvalue weighted by atomic mass is 10.1. The number of piperazine rings is 1. The van der Waals surface area contributed by atoms with Crippen LogP contribution in [0.3, 0.4) is 0 Å². The molecule has 0 bridgehead atoms. The number of nitrogens with one attached hydrogen (secondary N) is 1. The first kappa shape index (κ1) is 15.8. The van der Waals surface area contributed by atoms with Gasteiger partial charge in [0.1, 0.15) is 11.8 Å². The number of morpholine rings is 1. The second-order valence-electron chi connectivity index (χ2n) is 5.75. The molecule has 2 amide bonds. The first-order valence-corrected chi connectivity index (χ1v) is 7.83. The van der Waals surface area contributed by atoms with Crippen molar-refractivity contribution in [1.82, 2.24) is 15.1 Å². The van der Waals surface area contributed by atoms with E-state index < -0.39 is 0 Å². The minimum atomic E-state index is -0.280. The molecule has 0 saturated carbocycles. The number of hydrogen-bond acceptors (Lipinski definition) is 5. The van der Waals surface area contributed by atoms with Crippen LogP contribution >= 0.6 is 0 Å². The highest BCUT2D eigenvalue weighted by atomic mass is 16.5. The Balaban J connectivity index is 1.55. The van der Waals surface area contributed by atoms with E-state index in [1.54, 1.807) is 21.9 Å². The number of benzene rings is 1. The number of amides is 2. The summed E-state index contributed by atoms with van der Waals surface area (Å²) >= 11 is 0. The summed E-state index contributed by atoms with van der Waals surface area (Å²) in [6.07, 6.45) is 0. The van der Waals surface area contributed by atoms with Gasteiger partial charge >= 0.3 is 0 Å². The third-order valence-electron chi connectivity index (χ3n) is 4.19. The van der Waals surface area contributed by atoms with Gasteiger partial charge in [0.2, 0.25) is 5.91 Å². The number of hydrogen-bond donors (Lipinski definition) is 2. The van der Waals surface area contributed by atoms with Crippen LogP contribution in [0.1, 0.15) is 10.4 Å². The summed E-state index contributed by atoms with van der Waals surface area (Å²) in [6, 6.07) is 6.05. The Morgan fingerprint density at radius 1 is 1.17 bits per heavy atom. The van der Waals surface area contributed by atoms with Crippen LogP contribution < -0.4 is 5.32 Å². The molecule has 2 saturated heterocycles. The monoisotopic (exact) mass is 319 g/mol. The van der Waals surface area contributed by atoms with Crippen molar-refractivity contribution in [2.24, 2.45) is 0 Å². The predicted molar refractivity (Wildman–Crippen MR) is 83.2 cm³/mol. The first-order valence-electron chi connectivity index (χ1n) is 7.83. The van der Waals surface area contributed by atoms with E-state index in [2.05, 4.69) is 5.32 Å². The molecule has 0 spiro atoms. The topological polar surface area (TPSA) is 82.1 Å². The third-order valence-corrected chi connectivity index (χ3v) is 4.19. The quantitative estimate of drug-likeness (QED) is 0.780. The normalized spacial score (nSPS) is 22.0. The van der Waals surface area contributed by atoms with E-state index in [-0.39, 0.29) is 23.6 Å². The van der Waals surface area contributed by atoms with Crippen molar-refractivity contribution in [1.29, 1.82) is 0 Å². The molecule has 7 nitrogen and oxygen atoms in total. The number of aromatic hydroxyl groups is 1. The SMILES string of the molecule is O=C(c1cccc(O)c1)N1CCN(C(=O)C2COCCN2)CC1. The summed E-state index contributed by atoms with van der Waals surface area (Å²) in [5.41, 5.74) is 0.465. The van der Waals surface area contributed by atoms with Crippen molar-refractivity contribution in [2.45, 2.75) is 6.04 Å². The van der Waals surface area contributed by atoms with Crippen LogP contribution in [0.4, 0.5) is 0 Å². The van der Waals surface area contributed by atoms with Crippen LogP contribution in [0.5, 0.6) is 5.75 Å². The molecule has 1 aromatic carbocycles. The van der Waals surface area contributed by atoms with Gasteiger partial charge < -0.3 is 25.0 Å². The Hall–Kier alpha value is -2.12. The van der Waals surface area contributed by atoms with Crippen molar-refractivity contribution >= 4 is 11.8 Å². The van der Waals surface area contributed by atoms with Gasteiger partial charge in [0, 0.05) is 38.3 Å². The van der Waals surface area contributed by atoms with Crippen molar-refractivity contribution in [2.75, 3.05) is 45.9 Å². The highest BCUT2D eigenvalue weighted by Gasteiger charge is 2.30. The van der Waals surface area contributed by atoms with E-state index >= 15 is 0 Å².